The third-order valence-electron chi connectivity index (χ3n) is 4.83. The quantitative estimate of drug-likeness (QED) is 0.319. The van der Waals surface area contributed by atoms with E-state index in [0.29, 0.717) is 13.0 Å². The van der Waals surface area contributed by atoms with E-state index in [0.717, 1.165) is 64.1 Å². The van der Waals surface area contributed by atoms with E-state index >= 15 is 0 Å². The molecular formula is C21H40N2O3. The van der Waals surface area contributed by atoms with Gasteiger partial charge in [-0.3, -0.25) is 9.59 Å². The number of unbranched alkanes of at least 4 members (excludes halogenated alkanes) is 4. The summed E-state index contributed by atoms with van der Waals surface area (Å²) in [5, 5.41) is 5.80. The first-order chi connectivity index (χ1) is 12.5. The van der Waals surface area contributed by atoms with Crippen molar-refractivity contribution in [1.82, 2.24) is 10.6 Å². The Balaban J connectivity index is 4.64. The normalized spacial score (nSPS) is 14.3. The van der Waals surface area contributed by atoms with Crippen LogP contribution in [-0.2, 0) is 14.4 Å². The summed E-state index contributed by atoms with van der Waals surface area (Å²) < 4.78 is 0. The predicted octanol–water partition coefficient (Wildman–Crippen LogP) is 4.00. The number of nitrogens with one attached hydrogen (secondary N) is 2. The fourth-order valence-corrected chi connectivity index (χ4v) is 3.02. The number of hydrogen-bond donors (Lipinski definition) is 2. The molecule has 0 aliphatic carbocycles. The van der Waals surface area contributed by atoms with Gasteiger partial charge in [0.1, 0.15) is 6.29 Å². The van der Waals surface area contributed by atoms with Gasteiger partial charge in [-0.05, 0) is 19.3 Å². The predicted molar refractivity (Wildman–Crippen MR) is 107 cm³/mol. The lowest BCUT2D eigenvalue weighted by atomic mass is 9.98. The highest BCUT2D eigenvalue weighted by Crippen LogP contribution is 2.12. The summed E-state index contributed by atoms with van der Waals surface area (Å²) in [7, 11) is 0. The summed E-state index contributed by atoms with van der Waals surface area (Å²) >= 11 is 0. The third kappa shape index (κ3) is 11.3. The van der Waals surface area contributed by atoms with Crippen molar-refractivity contribution >= 4 is 18.1 Å². The summed E-state index contributed by atoms with van der Waals surface area (Å²) in [6.07, 6.45) is 10.3. The molecular weight excluding hydrogens is 328 g/mol. The van der Waals surface area contributed by atoms with Gasteiger partial charge in [-0.1, -0.05) is 72.6 Å². The van der Waals surface area contributed by atoms with Gasteiger partial charge in [0.2, 0.25) is 11.8 Å². The van der Waals surface area contributed by atoms with E-state index in [1.165, 1.54) is 0 Å². The fraction of sp³-hybridized carbons (Fsp3) is 0.857. The summed E-state index contributed by atoms with van der Waals surface area (Å²) in [6, 6.07) is -0.419. The number of aldehydes is 1. The van der Waals surface area contributed by atoms with Crippen molar-refractivity contribution in [2.75, 3.05) is 6.54 Å². The smallest absolute Gasteiger partial charge is 0.225 e. The maximum Gasteiger partial charge on any atom is 0.225 e. The standard InChI is InChI=1S/C21H40N2O3/c1-5-8-10-13-18(15-22-20(25)17(4)12-7-3)21(26)23-19(16-24)14-11-9-6-2/h16-19H,5-15H2,1-4H3,(H,22,25)(H,23,26). The monoisotopic (exact) mass is 368 g/mol. The topological polar surface area (TPSA) is 75.3 Å². The van der Waals surface area contributed by atoms with Crippen LogP contribution in [0, 0.1) is 11.8 Å². The molecule has 5 heteroatoms. The second-order valence-corrected chi connectivity index (χ2v) is 7.37. The number of rotatable bonds is 16. The molecule has 0 radical (unpaired) electrons. The van der Waals surface area contributed by atoms with Crippen LogP contribution >= 0.6 is 0 Å². The molecule has 0 bridgehead atoms. The lowest BCUT2D eigenvalue weighted by molar-refractivity contribution is -0.129. The average molecular weight is 369 g/mol. The number of amides is 2. The van der Waals surface area contributed by atoms with Crippen molar-refractivity contribution in [2.24, 2.45) is 11.8 Å². The van der Waals surface area contributed by atoms with Crippen LogP contribution in [-0.4, -0.2) is 30.7 Å². The molecule has 0 aromatic rings. The van der Waals surface area contributed by atoms with E-state index < -0.39 is 6.04 Å². The molecule has 2 N–H and O–H groups in total. The van der Waals surface area contributed by atoms with Gasteiger partial charge in [0.25, 0.3) is 0 Å². The van der Waals surface area contributed by atoms with Crippen LogP contribution in [0.3, 0.4) is 0 Å². The van der Waals surface area contributed by atoms with E-state index in [1.54, 1.807) is 0 Å². The van der Waals surface area contributed by atoms with Crippen molar-refractivity contribution in [1.29, 1.82) is 0 Å². The Bertz CT molecular complexity index is 399. The van der Waals surface area contributed by atoms with Crippen LogP contribution in [0.2, 0.25) is 0 Å². The van der Waals surface area contributed by atoms with Crippen molar-refractivity contribution in [3.05, 3.63) is 0 Å². The minimum absolute atomic E-state index is 0.00928. The molecule has 0 aliphatic heterocycles. The number of hydrogen-bond acceptors (Lipinski definition) is 3. The van der Waals surface area contributed by atoms with Crippen LogP contribution in [0.1, 0.15) is 91.9 Å². The van der Waals surface area contributed by atoms with Crippen molar-refractivity contribution in [3.63, 3.8) is 0 Å². The molecule has 3 unspecified atom stereocenters. The molecule has 3 atom stereocenters. The second-order valence-electron chi connectivity index (χ2n) is 7.37. The summed E-state index contributed by atoms with van der Waals surface area (Å²) in [5.74, 6) is -0.405. The lowest BCUT2D eigenvalue weighted by Gasteiger charge is -2.21. The Labute approximate surface area is 160 Å². The van der Waals surface area contributed by atoms with Gasteiger partial charge in [0, 0.05) is 12.5 Å². The van der Waals surface area contributed by atoms with Crippen LogP contribution in [0.25, 0.3) is 0 Å². The van der Waals surface area contributed by atoms with Gasteiger partial charge in [0.05, 0.1) is 12.0 Å². The molecule has 0 spiro atoms. The molecule has 0 aliphatic rings. The van der Waals surface area contributed by atoms with Crippen LogP contribution < -0.4 is 10.6 Å². The Hall–Kier alpha value is -1.39. The first kappa shape index (κ1) is 24.6. The molecule has 0 saturated heterocycles. The second kappa shape index (κ2) is 15.8. The maximum atomic E-state index is 12.6. The highest BCUT2D eigenvalue weighted by Gasteiger charge is 2.22. The first-order valence-electron chi connectivity index (χ1n) is 10.5. The fourth-order valence-electron chi connectivity index (χ4n) is 3.02. The number of carbonyl (C=O) groups is 3. The SMILES string of the molecule is CCCCCC(C=O)NC(=O)C(CCCCC)CNC(=O)C(C)CCC. The van der Waals surface area contributed by atoms with Gasteiger partial charge in [0.15, 0.2) is 0 Å². The zero-order valence-corrected chi connectivity index (χ0v) is 17.3. The molecule has 0 aromatic heterocycles. The minimum atomic E-state index is -0.419. The van der Waals surface area contributed by atoms with Crippen LogP contribution in [0.4, 0.5) is 0 Å². The molecule has 5 nitrogen and oxygen atoms in total. The van der Waals surface area contributed by atoms with Crippen molar-refractivity contribution in [3.8, 4) is 0 Å². The molecule has 0 fully saturated rings. The van der Waals surface area contributed by atoms with Crippen molar-refractivity contribution < 1.29 is 14.4 Å². The Kier molecular flexibility index (Phi) is 15.0. The van der Waals surface area contributed by atoms with E-state index in [4.69, 9.17) is 0 Å². The largest absolute Gasteiger partial charge is 0.355 e. The first-order valence-corrected chi connectivity index (χ1v) is 10.5. The molecule has 0 heterocycles. The summed E-state index contributed by atoms with van der Waals surface area (Å²) in [4.78, 5) is 36.0. The summed E-state index contributed by atoms with van der Waals surface area (Å²) in [5.41, 5.74) is 0. The maximum absolute atomic E-state index is 12.6. The van der Waals surface area contributed by atoms with Crippen LogP contribution in [0.15, 0.2) is 0 Å². The molecule has 0 aromatic carbocycles. The molecule has 0 saturated carbocycles. The molecule has 2 amide bonds. The Morgan fingerprint density at radius 3 is 2.00 bits per heavy atom. The lowest BCUT2D eigenvalue weighted by Crippen LogP contribution is -2.44. The molecule has 152 valence electrons. The zero-order chi connectivity index (χ0) is 19.8. The van der Waals surface area contributed by atoms with E-state index in [1.807, 2.05) is 6.92 Å². The molecule has 26 heavy (non-hydrogen) atoms. The third-order valence-corrected chi connectivity index (χ3v) is 4.83. The van der Waals surface area contributed by atoms with Gasteiger partial charge in [-0.15, -0.1) is 0 Å². The highest BCUT2D eigenvalue weighted by atomic mass is 16.2. The van der Waals surface area contributed by atoms with Gasteiger partial charge >= 0.3 is 0 Å². The van der Waals surface area contributed by atoms with E-state index in [2.05, 4.69) is 31.4 Å². The van der Waals surface area contributed by atoms with Gasteiger partial charge in [-0.2, -0.15) is 0 Å². The van der Waals surface area contributed by atoms with Crippen LogP contribution in [0.5, 0.6) is 0 Å². The number of carbonyl (C=O) groups excluding carboxylic acids is 3. The average Bonchev–Trinajstić information content (AvgIpc) is 2.63. The van der Waals surface area contributed by atoms with Crippen molar-refractivity contribution in [2.45, 2.75) is 97.9 Å². The minimum Gasteiger partial charge on any atom is -0.355 e. The molecule has 0 rings (SSSR count). The zero-order valence-electron chi connectivity index (χ0n) is 17.3. The highest BCUT2D eigenvalue weighted by molar-refractivity contribution is 5.83. The summed E-state index contributed by atoms with van der Waals surface area (Å²) in [6.45, 7) is 8.56. The Morgan fingerprint density at radius 2 is 1.46 bits per heavy atom. The van der Waals surface area contributed by atoms with E-state index in [9.17, 15) is 14.4 Å². The van der Waals surface area contributed by atoms with E-state index in [-0.39, 0.29) is 23.7 Å². The Morgan fingerprint density at radius 1 is 0.846 bits per heavy atom. The van der Waals surface area contributed by atoms with Gasteiger partial charge in [-0.25, -0.2) is 0 Å². The van der Waals surface area contributed by atoms with Gasteiger partial charge < -0.3 is 15.4 Å².